The van der Waals surface area contributed by atoms with Crippen LogP contribution in [0.1, 0.15) is 38.7 Å². The Morgan fingerprint density at radius 3 is 2.76 bits per heavy atom. The molecule has 21 heavy (non-hydrogen) atoms. The number of benzene rings is 1. The summed E-state index contributed by atoms with van der Waals surface area (Å²) in [6, 6.07) is 6.25. The van der Waals surface area contributed by atoms with Crippen LogP contribution in [-0.2, 0) is 6.54 Å². The number of halogens is 1. The van der Waals surface area contributed by atoms with E-state index < -0.39 is 0 Å². The van der Waals surface area contributed by atoms with Gasteiger partial charge in [-0.05, 0) is 50.9 Å². The molecule has 4 heteroatoms. The SMILES string of the molecule is COc1ccc(CN(CC2CCCCN2)C(C)C)cc1F. The minimum absolute atomic E-state index is 0.283. The van der Waals surface area contributed by atoms with Gasteiger partial charge in [0.2, 0.25) is 0 Å². The number of piperidine rings is 1. The van der Waals surface area contributed by atoms with Crippen LogP contribution in [0.2, 0.25) is 0 Å². The summed E-state index contributed by atoms with van der Waals surface area (Å²) < 4.78 is 18.8. The Labute approximate surface area is 127 Å². The van der Waals surface area contributed by atoms with Crippen molar-refractivity contribution in [2.24, 2.45) is 0 Å². The van der Waals surface area contributed by atoms with Gasteiger partial charge in [0.15, 0.2) is 11.6 Å². The van der Waals surface area contributed by atoms with Crippen LogP contribution >= 0.6 is 0 Å². The monoisotopic (exact) mass is 294 g/mol. The van der Waals surface area contributed by atoms with E-state index in [0.29, 0.717) is 17.8 Å². The molecule has 1 aliphatic rings. The summed E-state index contributed by atoms with van der Waals surface area (Å²) in [5.41, 5.74) is 0.998. The number of ether oxygens (including phenoxy) is 1. The molecule has 0 amide bonds. The van der Waals surface area contributed by atoms with Gasteiger partial charge < -0.3 is 10.1 Å². The first-order chi connectivity index (χ1) is 10.1. The first kappa shape index (κ1) is 16.2. The summed E-state index contributed by atoms with van der Waals surface area (Å²) >= 11 is 0. The highest BCUT2D eigenvalue weighted by molar-refractivity contribution is 5.29. The molecular formula is C17H27FN2O. The molecule has 1 N–H and O–H groups in total. The zero-order valence-corrected chi connectivity index (χ0v) is 13.4. The van der Waals surface area contributed by atoms with Crippen molar-refractivity contribution in [2.75, 3.05) is 20.2 Å². The maximum absolute atomic E-state index is 13.8. The molecule has 118 valence electrons. The molecule has 1 fully saturated rings. The summed E-state index contributed by atoms with van der Waals surface area (Å²) in [6.07, 6.45) is 3.82. The molecule has 2 rings (SSSR count). The molecule has 0 bridgehead atoms. The second-order valence-electron chi connectivity index (χ2n) is 6.14. The Bertz CT molecular complexity index is 444. The van der Waals surface area contributed by atoms with Crippen LogP contribution in [0.5, 0.6) is 5.75 Å². The summed E-state index contributed by atoms with van der Waals surface area (Å²) in [5.74, 6) is 0.0262. The van der Waals surface area contributed by atoms with Crippen molar-refractivity contribution >= 4 is 0 Å². The third-order valence-corrected chi connectivity index (χ3v) is 4.20. The van der Waals surface area contributed by atoms with Crippen molar-refractivity contribution in [2.45, 2.75) is 51.7 Å². The van der Waals surface area contributed by atoms with Crippen LogP contribution in [0.4, 0.5) is 4.39 Å². The molecule has 0 aromatic heterocycles. The van der Waals surface area contributed by atoms with E-state index in [9.17, 15) is 4.39 Å². The quantitative estimate of drug-likeness (QED) is 0.872. The van der Waals surface area contributed by atoms with Gasteiger partial charge in [-0.2, -0.15) is 0 Å². The normalized spacial score (nSPS) is 19.2. The largest absolute Gasteiger partial charge is 0.494 e. The Morgan fingerprint density at radius 1 is 1.38 bits per heavy atom. The van der Waals surface area contributed by atoms with Gasteiger partial charge in [0.25, 0.3) is 0 Å². The van der Waals surface area contributed by atoms with E-state index in [-0.39, 0.29) is 5.82 Å². The lowest BCUT2D eigenvalue weighted by molar-refractivity contribution is 0.177. The van der Waals surface area contributed by atoms with Crippen LogP contribution in [-0.4, -0.2) is 37.2 Å². The first-order valence-corrected chi connectivity index (χ1v) is 7.90. The zero-order valence-electron chi connectivity index (χ0n) is 13.4. The predicted octanol–water partition coefficient (Wildman–Crippen LogP) is 3.19. The molecule has 3 nitrogen and oxygen atoms in total. The minimum atomic E-state index is -0.283. The molecule has 1 heterocycles. The third-order valence-electron chi connectivity index (χ3n) is 4.20. The van der Waals surface area contributed by atoms with Crippen molar-refractivity contribution in [3.8, 4) is 5.75 Å². The van der Waals surface area contributed by atoms with Crippen LogP contribution in [0, 0.1) is 5.82 Å². The molecule has 1 atom stereocenters. The highest BCUT2D eigenvalue weighted by atomic mass is 19.1. The van der Waals surface area contributed by atoms with Gasteiger partial charge in [-0.15, -0.1) is 0 Å². The average molecular weight is 294 g/mol. The summed E-state index contributed by atoms with van der Waals surface area (Å²) in [5, 5.41) is 3.58. The number of rotatable bonds is 6. The number of hydrogen-bond donors (Lipinski definition) is 1. The Hall–Kier alpha value is -1.13. The van der Waals surface area contributed by atoms with Gasteiger partial charge in [-0.3, -0.25) is 4.90 Å². The van der Waals surface area contributed by atoms with Gasteiger partial charge in [0.05, 0.1) is 7.11 Å². The number of nitrogens with one attached hydrogen (secondary N) is 1. The summed E-state index contributed by atoms with van der Waals surface area (Å²) in [7, 11) is 1.49. The Morgan fingerprint density at radius 2 is 2.19 bits per heavy atom. The van der Waals surface area contributed by atoms with E-state index in [2.05, 4.69) is 24.1 Å². The second kappa shape index (κ2) is 7.76. The second-order valence-corrected chi connectivity index (χ2v) is 6.14. The van der Waals surface area contributed by atoms with Gasteiger partial charge in [-0.1, -0.05) is 12.5 Å². The third kappa shape index (κ3) is 4.68. The fourth-order valence-corrected chi connectivity index (χ4v) is 2.86. The topological polar surface area (TPSA) is 24.5 Å². The molecule has 1 aromatic carbocycles. The highest BCUT2D eigenvalue weighted by Crippen LogP contribution is 2.20. The molecular weight excluding hydrogens is 267 g/mol. The van der Waals surface area contributed by atoms with Gasteiger partial charge >= 0.3 is 0 Å². The number of nitrogens with zero attached hydrogens (tertiary/aromatic N) is 1. The standard InChI is InChI=1S/C17H27FN2O/c1-13(2)20(12-15-6-4-5-9-19-15)11-14-7-8-17(21-3)16(18)10-14/h7-8,10,13,15,19H,4-6,9,11-12H2,1-3H3. The highest BCUT2D eigenvalue weighted by Gasteiger charge is 2.19. The summed E-state index contributed by atoms with van der Waals surface area (Å²) in [6.45, 7) is 7.31. The van der Waals surface area contributed by atoms with Crippen LogP contribution in [0.15, 0.2) is 18.2 Å². The van der Waals surface area contributed by atoms with Crippen molar-refractivity contribution < 1.29 is 9.13 Å². The fraction of sp³-hybridized carbons (Fsp3) is 0.647. The van der Waals surface area contributed by atoms with Crippen molar-refractivity contribution in [1.82, 2.24) is 10.2 Å². The van der Waals surface area contributed by atoms with Gasteiger partial charge in [0, 0.05) is 25.2 Å². The summed E-state index contributed by atoms with van der Waals surface area (Å²) in [4.78, 5) is 2.41. The van der Waals surface area contributed by atoms with E-state index in [1.165, 1.54) is 26.4 Å². The average Bonchev–Trinajstić information content (AvgIpc) is 2.48. The van der Waals surface area contributed by atoms with Crippen molar-refractivity contribution in [3.05, 3.63) is 29.6 Å². The molecule has 0 aliphatic carbocycles. The molecule has 1 unspecified atom stereocenters. The number of hydrogen-bond acceptors (Lipinski definition) is 3. The van der Waals surface area contributed by atoms with E-state index in [0.717, 1.165) is 25.2 Å². The molecule has 0 saturated carbocycles. The number of methoxy groups -OCH3 is 1. The zero-order chi connectivity index (χ0) is 15.2. The minimum Gasteiger partial charge on any atom is -0.494 e. The molecule has 1 aromatic rings. The lowest BCUT2D eigenvalue weighted by atomic mass is 10.0. The molecule has 1 aliphatic heterocycles. The fourth-order valence-electron chi connectivity index (χ4n) is 2.86. The van der Waals surface area contributed by atoms with Crippen molar-refractivity contribution in [1.29, 1.82) is 0 Å². The molecule has 1 saturated heterocycles. The van der Waals surface area contributed by atoms with E-state index in [4.69, 9.17) is 4.74 Å². The van der Waals surface area contributed by atoms with E-state index >= 15 is 0 Å². The van der Waals surface area contributed by atoms with Gasteiger partial charge in [0.1, 0.15) is 0 Å². The van der Waals surface area contributed by atoms with E-state index in [1.54, 1.807) is 12.1 Å². The Kier molecular flexibility index (Phi) is 6.00. The first-order valence-electron chi connectivity index (χ1n) is 7.90. The lowest BCUT2D eigenvalue weighted by Gasteiger charge is -2.33. The Balaban J connectivity index is 2.00. The smallest absolute Gasteiger partial charge is 0.165 e. The van der Waals surface area contributed by atoms with Crippen molar-refractivity contribution in [3.63, 3.8) is 0 Å². The van der Waals surface area contributed by atoms with Gasteiger partial charge in [-0.25, -0.2) is 4.39 Å². The van der Waals surface area contributed by atoms with Crippen LogP contribution in [0.25, 0.3) is 0 Å². The predicted molar refractivity (Wildman–Crippen MR) is 84.1 cm³/mol. The molecule has 0 radical (unpaired) electrons. The maximum atomic E-state index is 13.8. The van der Waals surface area contributed by atoms with E-state index in [1.807, 2.05) is 6.07 Å². The van der Waals surface area contributed by atoms with Crippen LogP contribution < -0.4 is 10.1 Å². The molecule has 0 spiro atoms. The van der Waals surface area contributed by atoms with Crippen LogP contribution in [0.3, 0.4) is 0 Å². The lowest BCUT2D eigenvalue weighted by Crippen LogP contribution is -2.45. The maximum Gasteiger partial charge on any atom is 0.165 e.